The van der Waals surface area contributed by atoms with E-state index in [1.807, 2.05) is 13.8 Å². The number of carbonyl (C=O) groups excluding carboxylic acids is 2. The van der Waals surface area contributed by atoms with Crippen molar-refractivity contribution in [1.29, 1.82) is 0 Å². The highest BCUT2D eigenvalue weighted by molar-refractivity contribution is 7.89. The maximum absolute atomic E-state index is 14.9. The SMILES string of the molecule is CCN(CC)CCNC(=O)c1ccc(NC(=O)c2cc(S(=O)(=O)N3CCOCC3)ccc2N2CCCCC2)cc1F. The minimum Gasteiger partial charge on any atom is -0.379 e. The average Bonchev–Trinajstić information content (AvgIpc) is 3.00. The number of likely N-dealkylation sites (N-methyl/N-ethyl adjacent to an activating group) is 1. The standard InChI is InChI=1S/C29H40FN5O5S/c1-3-33(4-2)15-12-31-28(36)24-10-8-22(20-26(24)30)32-29(37)25-21-23(41(38,39)35-16-18-40-19-17-35)9-11-27(25)34-13-6-5-7-14-34/h8-11,20-21H,3-7,12-19H2,1-2H3,(H,31,36)(H,32,37). The Kier molecular flexibility index (Phi) is 10.7. The van der Waals surface area contributed by atoms with E-state index in [2.05, 4.69) is 20.4 Å². The van der Waals surface area contributed by atoms with Crippen LogP contribution in [0.15, 0.2) is 41.3 Å². The third kappa shape index (κ3) is 7.62. The molecule has 0 atom stereocenters. The van der Waals surface area contributed by atoms with Gasteiger partial charge < -0.3 is 25.2 Å². The number of carbonyl (C=O) groups is 2. The Bertz CT molecular complexity index is 1320. The lowest BCUT2D eigenvalue weighted by Crippen LogP contribution is -2.40. The molecule has 12 heteroatoms. The highest BCUT2D eigenvalue weighted by Crippen LogP contribution is 2.29. The van der Waals surface area contributed by atoms with Gasteiger partial charge in [0.05, 0.1) is 29.2 Å². The largest absolute Gasteiger partial charge is 0.379 e. The summed E-state index contributed by atoms with van der Waals surface area (Å²) in [6.45, 7) is 9.45. The molecule has 41 heavy (non-hydrogen) atoms. The zero-order valence-electron chi connectivity index (χ0n) is 23.8. The van der Waals surface area contributed by atoms with Gasteiger partial charge in [0.1, 0.15) is 5.82 Å². The Morgan fingerprint density at radius 1 is 0.927 bits per heavy atom. The summed E-state index contributed by atoms with van der Waals surface area (Å²) in [7, 11) is -3.83. The second-order valence-corrected chi connectivity index (χ2v) is 12.1. The van der Waals surface area contributed by atoms with E-state index in [1.165, 1.54) is 22.5 Å². The number of halogens is 1. The van der Waals surface area contributed by atoms with Gasteiger partial charge in [0.25, 0.3) is 11.8 Å². The molecule has 0 unspecified atom stereocenters. The first kappa shape index (κ1) is 30.9. The molecule has 2 amide bonds. The summed E-state index contributed by atoms with van der Waals surface area (Å²) in [6.07, 6.45) is 3.03. The van der Waals surface area contributed by atoms with E-state index >= 15 is 0 Å². The lowest BCUT2D eigenvalue weighted by atomic mass is 10.1. The van der Waals surface area contributed by atoms with E-state index in [0.717, 1.165) is 51.5 Å². The van der Waals surface area contributed by atoms with Crippen LogP contribution in [-0.2, 0) is 14.8 Å². The van der Waals surface area contributed by atoms with Crippen LogP contribution in [-0.4, -0.2) is 95.0 Å². The Balaban J connectivity index is 1.54. The number of piperidine rings is 1. The van der Waals surface area contributed by atoms with Crippen molar-refractivity contribution in [2.75, 3.05) is 75.8 Å². The predicted molar refractivity (Wildman–Crippen MR) is 157 cm³/mol. The molecule has 2 aromatic rings. The number of nitrogens with one attached hydrogen (secondary N) is 2. The lowest BCUT2D eigenvalue weighted by molar-refractivity contribution is 0.0730. The maximum Gasteiger partial charge on any atom is 0.257 e. The molecule has 2 aromatic carbocycles. The number of hydrogen-bond acceptors (Lipinski definition) is 7. The summed E-state index contributed by atoms with van der Waals surface area (Å²) < 4.78 is 48.3. The fraction of sp³-hybridized carbons (Fsp3) is 0.517. The first-order chi connectivity index (χ1) is 19.7. The van der Waals surface area contributed by atoms with Gasteiger partial charge in [-0.3, -0.25) is 9.59 Å². The second kappa shape index (κ2) is 14.2. The van der Waals surface area contributed by atoms with Gasteiger partial charge in [-0.15, -0.1) is 0 Å². The first-order valence-corrected chi connectivity index (χ1v) is 15.8. The van der Waals surface area contributed by atoms with Crippen LogP contribution in [0.3, 0.4) is 0 Å². The quantitative estimate of drug-likeness (QED) is 0.414. The molecular formula is C29H40FN5O5S. The van der Waals surface area contributed by atoms with Gasteiger partial charge in [-0.1, -0.05) is 13.8 Å². The smallest absolute Gasteiger partial charge is 0.257 e. The van der Waals surface area contributed by atoms with E-state index in [0.29, 0.717) is 32.0 Å². The van der Waals surface area contributed by atoms with Crippen molar-refractivity contribution < 1.29 is 27.1 Å². The monoisotopic (exact) mass is 589 g/mol. The Morgan fingerprint density at radius 3 is 2.29 bits per heavy atom. The van der Waals surface area contributed by atoms with E-state index in [1.54, 1.807) is 12.1 Å². The summed E-state index contributed by atoms with van der Waals surface area (Å²) in [4.78, 5) is 30.3. The fourth-order valence-corrected chi connectivity index (χ4v) is 6.58. The molecule has 2 N–H and O–H groups in total. The molecule has 2 fully saturated rings. The van der Waals surface area contributed by atoms with Crippen LogP contribution in [0.1, 0.15) is 53.8 Å². The lowest BCUT2D eigenvalue weighted by Gasteiger charge is -2.31. The van der Waals surface area contributed by atoms with Crippen molar-refractivity contribution in [2.45, 2.75) is 38.0 Å². The third-order valence-electron chi connectivity index (χ3n) is 7.60. The van der Waals surface area contributed by atoms with Crippen molar-refractivity contribution in [3.63, 3.8) is 0 Å². The molecular weight excluding hydrogens is 549 g/mol. The number of ether oxygens (including phenoxy) is 1. The molecule has 4 rings (SSSR count). The van der Waals surface area contributed by atoms with Crippen LogP contribution in [0.4, 0.5) is 15.8 Å². The van der Waals surface area contributed by atoms with E-state index in [-0.39, 0.29) is 34.8 Å². The van der Waals surface area contributed by atoms with Gasteiger partial charge in [0.2, 0.25) is 10.0 Å². The number of hydrogen-bond donors (Lipinski definition) is 2. The highest BCUT2D eigenvalue weighted by Gasteiger charge is 2.29. The Hall–Kier alpha value is -3.06. The number of anilines is 2. The maximum atomic E-state index is 14.9. The molecule has 2 aliphatic rings. The number of morpholine rings is 1. The fourth-order valence-electron chi connectivity index (χ4n) is 5.14. The molecule has 0 spiro atoms. The Labute approximate surface area is 241 Å². The molecule has 0 aromatic heterocycles. The van der Waals surface area contributed by atoms with Crippen molar-refractivity contribution >= 4 is 33.2 Å². The zero-order chi connectivity index (χ0) is 29.4. The summed E-state index contributed by atoms with van der Waals surface area (Å²) in [5.41, 5.74) is 0.876. The van der Waals surface area contributed by atoms with E-state index in [4.69, 9.17) is 4.74 Å². The third-order valence-corrected chi connectivity index (χ3v) is 9.49. The van der Waals surface area contributed by atoms with Gasteiger partial charge in [-0.25, -0.2) is 12.8 Å². The highest BCUT2D eigenvalue weighted by atomic mass is 32.2. The van der Waals surface area contributed by atoms with Gasteiger partial charge in [0.15, 0.2) is 0 Å². The minimum atomic E-state index is -3.83. The summed E-state index contributed by atoms with van der Waals surface area (Å²) in [5, 5.41) is 5.44. The second-order valence-electron chi connectivity index (χ2n) is 10.2. The molecule has 0 aliphatic carbocycles. The van der Waals surface area contributed by atoms with Gasteiger partial charge in [0, 0.05) is 50.6 Å². The summed E-state index contributed by atoms with van der Waals surface area (Å²) >= 11 is 0. The van der Waals surface area contributed by atoms with Crippen LogP contribution in [0, 0.1) is 5.82 Å². The molecule has 10 nitrogen and oxygen atoms in total. The number of nitrogens with zero attached hydrogens (tertiary/aromatic N) is 3. The zero-order valence-corrected chi connectivity index (χ0v) is 24.6. The van der Waals surface area contributed by atoms with Gasteiger partial charge in [-0.05, 0) is 68.8 Å². The molecule has 0 bridgehead atoms. The van der Waals surface area contributed by atoms with Crippen LogP contribution >= 0.6 is 0 Å². The van der Waals surface area contributed by atoms with Crippen molar-refractivity contribution in [1.82, 2.24) is 14.5 Å². The summed E-state index contributed by atoms with van der Waals surface area (Å²) in [6, 6.07) is 8.53. The van der Waals surface area contributed by atoms with E-state index in [9.17, 15) is 22.4 Å². The molecule has 224 valence electrons. The van der Waals surface area contributed by atoms with Gasteiger partial charge >= 0.3 is 0 Å². The van der Waals surface area contributed by atoms with Gasteiger partial charge in [-0.2, -0.15) is 4.31 Å². The average molecular weight is 590 g/mol. The number of rotatable bonds is 11. The number of amides is 2. The minimum absolute atomic E-state index is 0.0215. The molecule has 0 saturated carbocycles. The van der Waals surface area contributed by atoms with Crippen molar-refractivity contribution in [3.05, 3.63) is 53.3 Å². The number of sulfonamides is 1. The topological polar surface area (TPSA) is 111 Å². The van der Waals surface area contributed by atoms with E-state index < -0.39 is 27.7 Å². The normalized spacial score (nSPS) is 16.5. The van der Waals surface area contributed by atoms with Crippen LogP contribution in [0.5, 0.6) is 0 Å². The first-order valence-electron chi connectivity index (χ1n) is 14.3. The molecule has 2 aliphatic heterocycles. The van der Waals surface area contributed by atoms with Crippen LogP contribution < -0.4 is 15.5 Å². The predicted octanol–water partition coefficient (Wildman–Crippen LogP) is 3.16. The number of benzene rings is 2. The molecule has 2 heterocycles. The molecule has 2 saturated heterocycles. The Morgan fingerprint density at radius 2 is 1.63 bits per heavy atom. The molecule has 0 radical (unpaired) electrons. The van der Waals surface area contributed by atoms with Crippen molar-refractivity contribution in [3.8, 4) is 0 Å². The summed E-state index contributed by atoms with van der Waals surface area (Å²) in [5.74, 6) is -1.84. The van der Waals surface area contributed by atoms with Crippen LogP contribution in [0.2, 0.25) is 0 Å². The van der Waals surface area contributed by atoms with Crippen LogP contribution in [0.25, 0.3) is 0 Å². The van der Waals surface area contributed by atoms with Crippen molar-refractivity contribution in [2.24, 2.45) is 0 Å².